The summed E-state index contributed by atoms with van der Waals surface area (Å²) in [6.07, 6.45) is 0. The van der Waals surface area contributed by atoms with Gasteiger partial charge in [0, 0.05) is 6.54 Å². The van der Waals surface area contributed by atoms with Crippen molar-refractivity contribution in [2.24, 2.45) is 5.73 Å². The second-order valence-corrected chi connectivity index (χ2v) is 3.97. The van der Waals surface area contributed by atoms with Crippen molar-refractivity contribution < 1.29 is 4.79 Å². The molecule has 0 aromatic heterocycles. The van der Waals surface area contributed by atoms with Crippen molar-refractivity contribution in [3.8, 4) is 0 Å². The van der Waals surface area contributed by atoms with Crippen molar-refractivity contribution in [2.75, 3.05) is 6.54 Å². The molecule has 0 radical (unpaired) electrons. The van der Waals surface area contributed by atoms with Crippen LogP contribution in [0.15, 0.2) is 24.3 Å². The van der Waals surface area contributed by atoms with Gasteiger partial charge in [0.15, 0.2) is 0 Å². The fraction of sp³-hybridized carbons (Fsp3) is 0.417. The molecule has 0 bridgehead atoms. The number of carbonyl (C=O) groups excluding carboxylic acids is 1. The summed E-state index contributed by atoms with van der Waals surface area (Å²) in [5.41, 5.74) is 7.53. The van der Waals surface area contributed by atoms with Gasteiger partial charge in [-0.05, 0) is 17.0 Å². The van der Waals surface area contributed by atoms with Gasteiger partial charge in [0.25, 0.3) is 0 Å². The van der Waals surface area contributed by atoms with Crippen LogP contribution >= 0.6 is 0 Å². The number of hydrogen-bond donors (Lipinski definition) is 2. The molecule has 0 aliphatic heterocycles. The van der Waals surface area contributed by atoms with Crippen LogP contribution in [0, 0.1) is 0 Å². The van der Waals surface area contributed by atoms with E-state index >= 15 is 0 Å². The minimum atomic E-state index is -0.324. The van der Waals surface area contributed by atoms with Gasteiger partial charge >= 0.3 is 0 Å². The zero-order valence-corrected chi connectivity index (χ0v) is 9.29. The topological polar surface area (TPSA) is 55.1 Å². The Labute approximate surface area is 90.7 Å². The third-order valence-corrected chi connectivity index (χ3v) is 2.25. The second kappa shape index (κ2) is 5.51. The first-order valence-electron chi connectivity index (χ1n) is 5.17. The van der Waals surface area contributed by atoms with E-state index in [9.17, 15) is 4.79 Å². The predicted molar refractivity (Wildman–Crippen MR) is 61.4 cm³/mol. The molecule has 0 saturated carbocycles. The molecule has 0 unspecified atom stereocenters. The van der Waals surface area contributed by atoms with Gasteiger partial charge in [-0.3, -0.25) is 4.79 Å². The van der Waals surface area contributed by atoms with Crippen molar-refractivity contribution in [1.29, 1.82) is 0 Å². The van der Waals surface area contributed by atoms with Gasteiger partial charge in [-0.2, -0.15) is 0 Å². The Morgan fingerprint density at radius 2 is 2.20 bits per heavy atom. The molecular formula is C12H18N2O. The summed E-state index contributed by atoms with van der Waals surface area (Å²) < 4.78 is 0. The molecule has 82 valence electrons. The minimum absolute atomic E-state index is 0.228. The molecule has 0 spiro atoms. The number of hydrogen-bond acceptors (Lipinski definition) is 2. The maximum Gasteiger partial charge on any atom is 0.231 e. The van der Waals surface area contributed by atoms with Gasteiger partial charge < -0.3 is 11.1 Å². The van der Waals surface area contributed by atoms with E-state index in [0.717, 1.165) is 0 Å². The van der Waals surface area contributed by atoms with Gasteiger partial charge in [0.05, 0.1) is 6.54 Å². The third kappa shape index (κ3) is 4.13. The van der Waals surface area contributed by atoms with E-state index in [1.807, 2.05) is 12.1 Å². The Morgan fingerprint density at radius 3 is 2.80 bits per heavy atom. The average molecular weight is 206 g/mol. The lowest BCUT2D eigenvalue weighted by molar-refractivity contribution is -0.117. The molecule has 0 fully saturated rings. The first-order chi connectivity index (χ1) is 7.09. The molecule has 3 heteroatoms. The predicted octanol–water partition coefficient (Wildman–Crippen LogP) is 1.38. The van der Waals surface area contributed by atoms with Crippen molar-refractivity contribution in [3.05, 3.63) is 35.4 Å². The largest absolute Gasteiger partial charge is 0.369 e. The molecule has 0 atom stereocenters. The van der Waals surface area contributed by atoms with E-state index in [2.05, 4.69) is 31.3 Å². The van der Waals surface area contributed by atoms with E-state index in [1.54, 1.807) is 0 Å². The molecule has 1 amide bonds. The summed E-state index contributed by atoms with van der Waals surface area (Å²) in [4.78, 5) is 10.5. The average Bonchev–Trinajstić information content (AvgIpc) is 2.17. The first-order valence-corrected chi connectivity index (χ1v) is 5.17. The van der Waals surface area contributed by atoms with Gasteiger partial charge in [0.2, 0.25) is 5.91 Å². The maximum atomic E-state index is 10.5. The minimum Gasteiger partial charge on any atom is -0.369 e. The Balaban J connectivity index is 2.54. The lowest BCUT2D eigenvalue weighted by Gasteiger charge is -2.08. The van der Waals surface area contributed by atoms with Gasteiger partial charge in [-0.1, -0.05) is 38.1 Å². The standard InChI is InChI=1S/C12H18N2O/c1-9(2)11-5-3-4-10(6-11)7-14-8-12(13)15/h3-6,9,14H,7-8H2,1-2H3,(H2,13,15). The molecule has 1 rings (SSSR count). The van der Waals surface area contributed by atoms with Crippen molar-refractivity contribution in [1.82, 2.24) is 5.32 Å². The van der Waals surface area contributed by atoms with Crippen LogP contribution in [0.4, 0.5) is 0 Å². The second-order valence-electron chi connectivity index (χ2n) is 3.97. The summed E-state index contributed by atoms with van der Waals surface area (Å²) >= 11 is 0. The van der Waals surface area contributed by atoms with Crippen LogP contribution < -0.4 is 11.1 Å². The van der Waals surface area contributed by atoms with Crippen LogP contribution in [0.25, 0.3) is 0 Å². The smallest absolute Gasteiger partial charge is 0.231 e. The van der Waals surface area contributed by atoms with E-state index in [1.165, 1.54) is 11.1 Å². The highest BCUT2D eigenvalue weighted by Gasteiger charge is 2.00. The molecule has 0 aliphatic carbocycles. The Kier molecular flexibility index (Phi) is 4.31. The highest BCUT2D eigenvalue weighted by atomic mass is 16.1. The van der Waals surface area contributed by atoms with E-state index in [0.29, 0.717) is 12.5 Å². The number of benzene rings is 1. The Bertz CT molecular complexity index is 334. The fourth-order valence-electron chi connectivity index (χ4n) is 1.39. The molecule has 0 saturated heterocycles. The Morgan fingerprint density at radius 1 is 1.47 bits per heavy atom. The van der Waals surface area contributed by atoms with Crippen LogP contribution in [0.2, 0.25) is 0 Å². The van der Waals surface area contributed by atoms with Crippen LogP contribution in [-0.2, 0) is 11.3 Å². The third-order valence-electron chi connectivity index (χ3n) is 2.25. The lowest BCUT2D eigenvalue weighted by Crippen LogP contribution is -2.28. The molecular weight excluding hydrogens is 188 g/mol. The highest BCUT2D eigenvalue weighted by molar-refractivity contribution is 5.75. The van der Waals surface area contributed by atoms with E-state index in [-0.39, 0.29) is 12.5 Å². The SMILES string of the molecule is CC(C)c1cccc(CNCC(N)=O)c1. The summed E-state index contributed by atoms with van der Waals surface area (Å²) in [6.45, 7) is 5.24. The van der Waals surface area contributed by atoms with Gasteiger partial charge in [-0.15, -0.1) is 0 Å². The zero-order valence-electron chi connectivity index (χ0n) is 9.29. The zero-order chi connectivity index (χ0) is 11.3. The van der Waals surface area contributed by atoms with Gasteiger partial charge in [-0.25, -0.2) is 0 Å². The summed E-state index contributed by atoms with van der Waals surface area (Å²) in [7, 11) is 0. The highest BCUT2D eigenvalue weighted by Crippen LogP contribution is 2.15. The quantitative estimate of drug-likeness (QED) is 0.764. The molecule has 0 aliphatic rings. The summed E-state index contributed by atoms with van der Waals surface area (Å²) in [5.74, 6) is 0.205. The molecule has 1 aromatic carbocycles. The number of carbonyl (C=O) groups is 1. The number of nitrogens with one attached hydrogen (secondary N) is 1. The Hall–Kier alpha value is -1.35. The normalized spacial score (nSPS) is 10.6. The van der Waals surface area contributed by atoms with Crippen LogP contribution in [0.1, 0.15) is 30.9 Å². The molecule has 15 heavy (non-hydrogen) atoms. The van der Waals surface area contributed by atoms with Crippen molar-refractivity contribution in [3.63, 3.8) is 0 Å². The first kappa shape index (κ1) is 11.7. The van der Waals surface area contributed by atoms with Crippen LogP contribution in [-0.4, -0.2) is 12.5 Å². The number of primary amides is 1. The monoisotopic (exact) mass is 206 g/mol. The van der Waals surface area contributed by atoms with E-state index < -0.39 is 0 Å². The molecule has 1 aromatic rings. The number of nitrogens with two attached hydrogens (primary N) is 1. The number of rotatable bonds is 5. The van der Waals surface area contributed by atoms with Crippen LogP contribution in [0.5, 0.6) is 0 Å². The summed E-state index contributed by atoms with van der Waals surface area (Å²) in [5, 5.41) is 2.99. The van der Waals surface area contributed by atoms with Gasteiger partial charge in [0.1, 0.15) is 0 Å². The molecule has 0 heterocycles. The van der Waals surface area contributed by atoms with Crippen LogP contribution in [0.3, 0.4) is 0 Å². The summed E-state index contributed by atoms with van der Waals surface area (Å²) in [6, 6.07) is 8.34. The maximum absolute atomic E-state index is 10.5. The molecule has 3 N–H and O–H groups in total. The van der Waals surface area contributed by atoms with Crippen molar-refractivity contribution in [2.45, 2.75) is 26.3 Å². The van der Waals surface area contributed by atoms with Crippen molar-refractivity contribution >= 4 is 5.91 Å². The lowest BCUT2D eigenvalue weighted by atomic mass is 10.0. The fourth-order valence-corrected chi connectivity index (χ4v) is 1.39. The molecule has 3 nitrogen and oxygen atoms in total. The van der Waals surface area contributed by atoms with E-state index in [4.69, 9.17) is 5.73 Å². The number of amides is 1.